The van der Waals surface area contributed by atoms with Gasteiger partial charge in [-0.3, -0.25) is 19.8 Å². The lowest BCUT2D eigenvalue weighted by atomic mass is 10.1. The number of halogens is 1. The van der Waals surface area contributed by atoms with E-state index in [9.17, 15) is 9.59 Å². The van der Waals surface area contributed by atoms with Gasteiger partial charge in [-0.2, -0.15) is 0 Å². The Balaban J connectivity index is 2.44. The molecule has 6 heteroatoms. The maximum atomic E-state index is 12.0. The number of carbonyl (C=O) groups excluding carboxylic acids is 2. The van der Waals surface area contributed by atoms with Crippen molar-refractivity contribution < 1.29 is 9.59 Å². The molecule has 1 heterocycles. The summed E-state index contributed by atoms with van der Waals surface area (Å²) in [5, 5.41) is 2.58. The summed E-state index contributed by atoms with van der Waals surface area (Å²) in [7, 11) is 1.53. The molecule has 1 aromatic carbocycles. The first-order valence-corrected chi connectivity index (χ1v) is 6.30. The van der Waals surface area contributed by atoms with Crippen LogP contribution >= 0.6 is 28.1 Å². The van der Waals surface area contributed by atoms with E-state index < -0.39 is 11.8 Å². The molecule has 0 spiro atoms. The maximum Gasteiger partial charge on any atom is 0.265 e. The Labute approximate surface area is 118 Å². The predicted octanol–water partition coefficient (Wildman–Crippen LogP) is 1.71. The minimum atomic E-state index is -0.473. The van der Waals surface area contributed by atoms with Crippen LogP contribution in [0.4, 0.5) is 0 Å². The van der Waals surface area contributed by atoms with Gasteiger partial charge < -0.3 is 0 Å². The number of hydrogen-bond acceptors (Lipinski definition) is 3. The fraction of sp³-hybridized carbons (Fsp3) is 0.0833. The van der Waals surface area contributed by atoms with Crippen molar-refractivity contribution in [3.05, 3.63) is 39.9 Å². The third-order valence-corrected chi connectivity index (χ3v) is 3.61. The van der Waals surface area contributed by atoms with Gasteiger partial charge in [0.1, 0.15) is 5.57 Å². The summed E-state index contributed by atoms with van der Waals surface area (Å²) >= 11 is 8.23. The largest absolute Gasteiger partial charge is 0.298 e. The maximum absolute atomic E-state index is 12.0. The molecule has 0 aromatic heterocycles. The number of nitrogens with one attached hydrogen (secondary N) is 1. The fourth-order valence-electron chi connectivity index (χ4n) is 1.49. The summed E-state index contributed by atoms with van der Waals surface area (Å²) in [4.78, 5) is 24.9. The molecule has 0 atom stereocenters. The van der Waals surface area contributed by atoms with E-state index in [1.165, 1.54) is 11.9 Å². The molecular weight excluding hydrogens is 316 g/mol. The molecule has 0 aliphatic carbocycles. The van der Waals surface area contributed by atoms with Crippen LogP contribution < -0.4 is 5.32 Å². The van der Waals surface area contributed by atoms with Gasteiger partial charge in [-0.1, -0.05) is 34.1 Å². The minimum Gasteiger partial charge on any atom is -0.298 e. The Morgan fingerprint density at radius 1 is 1.33 bits per heavy atom. The summed E-state index contributed by atoms with van der Waals surface area (Å²) < 4.78 is 0.814. The number of thiocarbonyl (C=S) groups is 1. The molecule has 0 radical (unpaired) electrons. The number of rotatable bonds is 1. The van der Waals surface area contributed by atoms with Crippen molar-refractivity contribution in [1.82, 2.24) is 10.2 Å². The van der Waals surface area contributed by atoms with Crippen LogP contribution in [0, 0.1) is 0 Å². The van der Waals surface area contributed by atoms with Crippen molar-refractivity contribution in [3.8, 4) is 0 Å². The zero-order valence-corrected chi connectivity index (χ0v) is 11.8. The van der Waals surface area contributed by atoms with Crippen LogP contribution in [-0.2, 0) is 9.59 Å². The standard InChI is InChI=1S/C12H9BrN2O2S/c1-15-11(17)8(10(16)14-12(15)18)6-7-4-2-3-5-9(7)13/h2-6H,1H3,(H,14,16,18)/b8-6+. The topological polar surface area (TPSA) is 49.4 Å². The first-order valence-electron chi connectivity index (χ1n) is 5.10. The average Bonchev–Trinajstić information content (AvgIpc) is 2.34. The van der Waals surface area contributed by atoms with Crippen LogP contribution in [0.1, 0.15) is 5.56 Å². The summed E-state index contributed by atoms with van der Waals surface area (Å²) in [6.45, 7) is 0. The second-order valence-electron chi connectivity index (χ2n) is 3.70. The highest BCUT2D eigenvalue weighted by Gasteiger charge is 2.30. The Kier molecular flexibility index (Phi) is 3.58. The van der Waals surface area contributed by atoms with Crippen LogP contribution in [0.5, 0.6) is 0 Å². The molecule has 92 valence electrons. The van der Waals surface area contributed by atoms with E-state index in [1.54, 1.807) is 6.08 Å². The SMILES string of the molecule is CN1C(=O)/C(=C/c2ccccc2Br)C(=O)NC1=S. The summed E-state index contributed by atoms with van der Waals surface area (Å²) in [5.41, 5.74) is 0.829. The second-order valence-corrected chi connectivity index (χ2v) is 4.94. The van der Waals surface area contributed by atoms with Crippen LogP contribution in [0.15, 0.2) is 34.3 Å². The van der Waals surface area contributed by atoms with Gasteiger partial charge in [0.15, 0.2) is 5.11 Å². The van der Waals surface area contributed by atoms with E-state index in [4.69, 9.17) is 12.2 Å². The van der Waals surface area contributed by atoms with Crippen molar-refractivity contribution in [2.24, 2.45) is 0 Å². The van der Waals surface area contributed by atoms with Crippen molar-refractivity contribution in [2.75, 3.05) is 7.05 Å². The highest BCUT2D eigenvalue weighted by atomic mass is 79.9. The van der Waals surface area contributed by atoms with Gasteiger partial charge in [-0.25, -0.2) is 0 Å². The highest BCUT2D eigenvalue weighted by Crippen LogP contribution is 2.20. The van der Waals surface area contributed by atoms with E-state index in [2.05, 4.69) is 21.2 Å². The van der Waals surface area contributed by atoms with Gasteiger partial charge in [0.2, 0.25) is 0 Å². The Morgan fingerprint density at radius 3 is 2.67 bits per heavy atom. The number of hydrogen-bond donors (Lipinski definition) is 1. The van der Waals surface area contributed by atoms with Crippen molar-refractivity contribution in [2.45, 2.75) is 0 Å². The molecule has 1 aromatic rings. The molecule has 1 aliphatic rings. The first-order chi connectivity index (χ1) is 8.50. The number of benzene rings is 1. The summed E-state index contributed by atoms with van der Waals surface area (Å²) in [5.74, 6) is -0.877. The lowest BCUT2D eigenvalue weighted by Gasteiger charge is -2.25. The third kappa shape index (κ3) is 2.34. The third-order valence-electron chi connectivity index (χ3n) is 2.51. The zero-order chi connectivity index (χ0) is 13.3. The van der Waals surface area contributed by atoms with Crippen LogP contribution in [-0.4, -0.2) is 28.9 Å². The van der Waals surface area contributed by atoms with Gasteiger partial charge >= 0.3 is 0 Å². The van der Waals surface area contributed by atoms with Crippen LogP contribution in [0.3, 0.4) is 0 Å². The molecule has 18 heavy (non-hydrogen) atoms. The molecular formula is C12H9BrN2O2S. The van der Waals surface area contributed by atoms with Crippen molar-refractivity contribution >= 4 is 51.2 Å². The van der Waals surface area contributed by atoms with Crippen LogP contribution in [0.2, 0.25) is 0 Å². The van der Waals surface area contributed by atoms with Crippen LogP contribution in [0.25, 0.3) is 6.08 Å². The van der Waals surface area contributed by atoms with Gasteiger partial charge in [0.05, 0.1) is 0 Å². The monoisotopic (exact) mass is 324 g/mol. The Hall–Kier alpha value is -1.53. The van der Waals surface area contributed by atoms with Gasteiger partial charge in [-0.15, -0.1) is 0 Å². The van der Waals surface area contributed by atoms with E-state index >= 15 is 0 Å². The highest BCUT2D eigenvalue weighted by molar-refractivity contribution is 9.10. The minimum absolute atomic E-state index is 0.0676. The number of carbonyl (C=O) groups is 2. The van der Waals surface area contributed by atoms with E-state index in [1.807, 2.05) is 24.3 Å². The smallest absolute Gasteiger partial charge is 0.265 e. The quantitative estimate of drug-likeness (QED) is 0.486. The van der Waals surface area contributed by atoms with Gasteiger partial charge in [-0.05, 0) is 29.9 Å². The lowest BCUT2D eigenvalue weighted by molar-refractivity contribution is -0.128. The molecule has 1 aliphatic heterocycles. The molecule has 0 saturated carbocycles. The normalized spacial score (nSPS) is 18.2. The van der Waals surface area contributed by atoms with Gasteiger partial charge in [0, 0.05) is 11.5 Å². The lowest BCUT2D eigenvalue weighted by Crippen LogP contribution is -2.52. The molecule has 2 rings (SSSR count). The molecule has 1 fully saturated rings. The molecule has 1 saturated heterocycles. The molecule has 2 amide bonds. The zero-order valence-electron chi connectivity index (χ0n) is 9.44. The van der Waals surface area contributed by atoms with E-state index in [-0.39, 0.29) is 10.7 Å². The first kappa shape index (κ1) is 12.9. The molecule has 0 unspecified atom stereocenters. The average molecular weight is 325 g/mol. The van der Waals surface area contributed by atoms with Crippen molar-refractivity contribution in [3.63, 3.8) is 0 Å². The Bertz CT molecular complexity index is 583. The predicted molar refractivity (Wildman–Crippen MR) is 75.6 cm³/mol. The number of nitrogens with zero attached hydrogens (tertiary/aromatic N) is 1. The van der Waals surface area contributed by atoms with E-state index in [0.717, 1.165) is 10.0 Å². The van der Waals surface area contributed by atoms with Gasteiger partial charge in [0.25, 0.3) is 11.8 Å². The summed E-state index contributed by atoms with van der Waals surface area (Å²) in [6.07, 6.45) is 1.54. The molecule has 0 bridgehead atoms. The fourth-order valence-corrected chi connectivity index (χ4v) is 2.07. The number of amides is 2. The summed E-state index contributed by atoms with van der Waals surface area (Å²) in [6, 6.07) is 7.34. The van der Waals surface area contributed by atoms with E-state index in [0.29, 0.717) is 0 Å². The number of likely N-dealkylation sites (N-methyl/N-ethyl adjacent to an activating group) is 1. The second kappa shape index (κ2) is 4.99. The van der Waals surface area contributed by atoms with Crippen molar-refractivity contribution in [1.29, 1.82) is 0 Å². The molecule has 4 nitrogen and oxygen atoms in total. The molecule has 1 N–H and O–H groups in total. The Morgan fingerprint density at radius 2 is 2.00 bits per heavy atom.